The molecular weight excluding hydrogens is 461 g/mol. The second-order valence-electron chi connectivity index (χ2n) is 4.68. The highest BCUT2D eigenvalue weighted by Gasteiger charge is 2.09. The molecule has 0 aliphatic heterocycles. The summed E-state index contributed by atoms with van der Waals surface area (Å²) in [5, 5.41) is 3.19. The molecule has 0 fully saturated rings. The van der Waals surface area contributed by atoms with Crippen LogP contribution in [-0.4, -0.2) is 20.1 Å². The molecule has 0 saturated heterocycles. The lowest BCUT2D eigenvalue weighted by molar-refractivity contribution is -0.111. The number of rotatable bonds is 5. The highest BCUT2D eigenvalue weighted by molar-refractivity contribution is 9.10. The van der Waals surface area contributed by atoms with Crippen LogP contribution in [0.25, 0.3) is 6.08 Å². The van der Waals surface area contributed by atoms with Crippen molar-refractivity contribution < 1.29 is 14.3 Å². The first-order valence-corrected chi connectivity index (χ1v) is 8.76. The van der Waals surface area contributed by atoms with Gasteiger partial charge in [0.25, 0.3) is 0 Å². The molecule has 1 amide bonds. The third kappa shape index (κ3) is 4.75. The van der Waals surface area contributed by atoms with Gasteiger partial charge in [-0.3, -0.25) is 4.79 Å². The summed E-state index contributed by atoms with van der Waals surface area (Å²) < 4.78 is 12.1. The Morgan fingerprint density at radius 2 is 1.92 bits per heavy atom. The molecule has 4 nitrogen and oxygen atoms in total. The van der Waals surface area contributed by atoms with Crippen molar-refractivity contribution in [2.45, 2.75) is 0 Å². The van der Waals surface area contributed by atoms with E-state index in [-0.39, 0.29) is 5.91 Å². The standard InChI is InChI=1S/C17H14Br2ClNO3/c1-23-15-8-10(7-12(19)17(15)24-2)3-6-16(22)21-14-5-4-11(18)9-13(14)20/h3-9H,1-2H3,(H,21,22)/b6-3+. The van der Waals surface area contributed by atoms with Crippen LogP contribution in [0.4, 0.5) is 5.69 Å². The fraction of sp³-hybridized carbons (Fsp3) is 0.118. The number of hydrogen-bond acceptors (Lipinski definition) is 3. The minimum atomic E-state index is -0.287. The number of halogens is 3. The van der Waals surface area contributed by atoms with Gasteiger partial charge in [-0.2, -0.15) is 0 Å². The molecule has 0 radical (unpaired) electrons. The summed E-state index contributed by atoms with van der Waals surface area (Å²) in [6.45, 7) is 0. The van der Waals surface area contributed by atoms with Crippen LogP contribution in [0, 0.1) is 0 Å². The number of carbonyl (C=O) groups excluding carboxylic acids is 1. The van der Waals surface area contributed by atoms with Crippen LogP contribution in [0.5, 0.6) is 11.5 Å². The normalized spacial score (nSPS) is 10.7. The maximum absolute atomic E-state index is 12.0. The van der Waals surface area contributed by atoms with E-state index in [1.807, 2.05) is 6.07 Å². The van der Waals surface area contributed by atoms with E-state index < -0.39 is 0 Å². The minimum absolute atomic E-state index is 0.287. The Balaban J connectivity index is 2.15. The predicted molar refractivity (Wildman–Crippen MR) is 104 cm³/mol. The van der Waals surface area contributed by atoms with Crippen LogP contribution in [0.3, 0.4) is 0 Å². The minimum Gasteiger partial charge on any atom is -0.493 e. The Morgan fingerprint density at radius 3 is 2.54 bits per heavy atom. The summed E-state index contributed by atoms with van der Waals surface area (Å²) in [5.74, 6) is 0.883. The lowest BCUT2D eigenvalue weighted by atomic mass is 10.2. The number of methoxy groups -OCH3 is 2. The molecule has 7 heteroatoms. The fourth-order valence-corrected chi connectivity index (χ4v) is 3.31. The van der Waals surface area contributed by atoms with Crippen LogP contribution in [0.1, 0.15) is 5.56 Å². The van der Waals surface area contributed by atoms with Crippen LogP contribution in [0.15, 0.2) is 45.4 Å². The first kappa shape index (κ1) is 18.8. The van der Waals surface area contributed by atoms with Crippen molar-refractivity contribution in [3.05, 3.63) is 55.9 Å². The fourth-order valence-electron chi connectivity index (χ4n) is 1.97. The topological polar surface area (TPSA) is 47.6 Å². The second kappa shape index (κ2) is 8.55. The maximum Gasteiger partial charge on any atom is 0.248 e. The van der Waals surface area contributed by atoms with Crippen molar-refractivity contribution in [2.24, 2.45) is 0 Å². The van der Waals surface area contributed by atoms with Gasteiger partial charge in [-0.1, -0.05) is 27.5 Å². The van der Waals surface area contributed by atoms with Gasteiger partial charge in [0, 0.05) is 10.5 Å². The van der Waals surface area contributed by atoms with Crippen molar-refractivity contribution in [3.8, 4) is 11.5 Å². The quantitative estimate of drug-likeness (QED) is 0.578. The third-order valence-electron chi connectivity index (χ3n) is 3.07. The average Bonchev–Trinajstić information content (AvgIpc) is 2.55. The molecule has 2 aromatic carbocycles. The monoisotopic (exact) mass is 473 g/mol. The van der Waals surface area contributed by atoms with Crippen molar-refractivity contribution in [1.82, 2.24) is 0 Å². The SMILES string of the molecule is COc1cc(/C=C/C(=O)Nc2ccc(Br)cc2Cl)cc(Br)c1OC. The van der Waals surface area contributed by atoms with Gasteiger partial charge in [-0.05, 0) is 57.9 Å². The van der Waals surface area contributed by atoms with Crippen molar-refractivity contribution in [3.63, 3.8) is 0 Å². The number of hydrogen-bond donors (Lipinski definition) is 1. The summed E-state index contributed by atoms with van der Waals surface area (Å²) in [6.07, 6.45) is 3.10. The lowest BCUT2D eigenvalue weighted by Crippen LogP contribution is -2.08. The number of carbonyl (C=O) groups is 1. The molecule has 24 heavy (non-hydrogen) atoms. The Kier molecular flexibility index (Phi) is 6.71. The summed E-state index contributed by atoms with van der Waals surface area (Å²) in [7, 11) is 3.12. The summed E-state index contributed by atoms with van der Waals surface area (Å²) in [4.78, 5) is 12.0. The zero-order valence-electron chi connectivity index (χ0n) is 12.9. The van der Waals surface area contributed by atoms with Gasteiger partial charge in [0.15, 0.2) is 11.5 Å². The van der Waals surface area contributed by atoms with Crippen LogP contribution >= 0.6 is 43.5 Å². The van der Waals surface area contributed by atoms with Gasteiger partial charge in [0.2, 0.25) is 5.91 Å². The van der Waals surface area contributed by atoms with Gasteiger partial charge in [-0.25, -0.2) is 0 Å². The Hall–Kier alpha value is -1.50. The Morgan fingerprint density at radius 1 is 1.17 bits per heavy atom. The molecule has 0 aliphatic carbocycles. The molecule has 0 aromatic heterocycles. The van der Waals surface area contributed by atoms with Crippen molar-refractivity contribution in [2.75, 3.05) is 19.5 Å². The molecule has 0 spiro atoms. The summed E-state index contributed by atoms with van der Waals surface area (Å²) in [6, 6.07) is 8.85. The van der Waals surface area contributed by atoms with Gasteiger partial charge < -0.3 is 14.8 Å². The molecule has 2 aromatic rings. The van der Waals surface area contributed by atoms with E-state index in [2.05, 4.69) is 37.2 Å². The van der Waals surface area contributed by atoms with Crippen LogP contribution in [-0.2, 0) is 4.79 Å². The van der Waals surface area contributed by atoms with E-state index in [1.165, 1.54) is 6.08 Å². The number of ether oxygens (including phenoxy) is 2. The smallest absolute Gasteiger partial charge is 0.248 e. The summed E-state index contributed by atoms with van der Waals surface area (Å²) in [5.41, 5.74) is 1.33. The molecule has 126 valence electrons. The second-order valence-corrected chi connectivity index (χ2v) is 6.86. The van der Waals surface area contributed by atoms with E-state index in [4.69, 9.17) is 21.1 Å². The Bertz CT molecular complexity index is 794. The largest absolute Gasteiger partial charge is 0.493 e. The zero-order chi connectivity index (χ0) is 17.7. The van der Waals surface area contributed by atoms with E-state index >= 15 is 0 Å². The Labute approximate surface area is 162 Å². The number of nitrogens with one attached hydrogen (secondary N) is 1. The highest BCUT2D eigenvalue weighted by Crippen LogP contribution is 2.36. The van der Waals surface area contributed by atoms with Crippen molar-refractivity contribution in [1.29, 1.82) is 0 Å². The molecular formula is C17H14Br2ClNO3. The van der Waals surface area contributed by atoms with E-state index in [0.29, 0.717) is 22.2 Å². The molecule has 1 N–H and O–H groups in total. The van der Waals surface area contributed by atoms with E-state index in [0.717, 1.165) is 14.5 Å². The molecule has 0 unspecified atom stereocenters. The molecule has 2 rings (SSSR count). The molecule has 0 atom stereocenters. The molecule has 0 bridgehead atoms. The predicted octanol–water partition coefficient (Wildman–Crippen LogP) is 5.53. The first-order valence-electron chi connectivity index (χ1n) is 6.80. The molecule has 0 aliphatic rings. The third-order valence-corrected chi connectivity index (χ3v) is 4.47. The maximum atomic E-state index is 12.0. The number of benzene rings is 2. The van der Waals surface area contributed by atoms with Gasteiger partial charge >= 0.3 is 0 Å². The van der Waals surface area contributed by atoms with Crippen LogP contribution < -0.4 is 14.8 Å². The number of amides is 1. The highest BCUT2D eigenvalue weighted by atomic mass is 79.9. The first-order chi connectivity index (χ1) is 11.4. The number of anilines is 1. The molecule has 0 heterocycles. The molecule has 0 saturated carbocycles. The zero-order valence-corrected chi connectivity index (χ0v) is 16.8. The van der Waals surface area contributed by atoms with E-state index in [1.54, 1.807) is 44.6 Å². The van der Waals surface area contributed by atoms with Crippen molar-refractivity contribution >= 4 is 61.1 Å². The average molecular weight is 476 g/mol. The van der Waals surface area contributed by atoms with E-state index in [9.17, 15) is 4.79 Å². The van der Waals surface area contributed by atoms with Gasteiger partial charge in [0.05, 0.1) is 29.4 Å². The van der Waals surface area contributed by atoms with Gasteiger partial charge in [0.1, 0.15) is 0 Å². The van der Waals surface area contributed by atoms with Crippen LogP contribution in [0.2, 0.25) is 5.02 Å². The summed E-state index contributed by atoms with van der Waals surface area (Å²) >= 11 is 12.8. The lowest BCUT2D eigenvalue weighted by Gasteiger charge is -2.10. The van der Waals surface area contributed by atoms with Gasteiger partial charge in [-0.15, -0.1) is 0 Å².